The molecule has 1 aliphatic rings. The zero-order chi connectivity index (χ0) is 14.2. The van der Waals surface area contributed by atoms with Crippen LogP contribution in [0.1, 0.15) is 68.9 Å². The summed E-state index contributed by atoms with van der Waals surface area (Å²) in [7, 11) is 0. The molecule has 0 N–H and O–H groups in total. The van der Waals surface area contributed by atoms with E-state index in [1.54, 1.807) is 6.08 Å². The molecule has 0 bridgehead atoms. The van der Waals surface area contributed by atoms with Crippen molar-refractivity contribution in [1.82, 2.24) is 0 Å². The van der Waals surface area contributed by atoms with E-state index in [1.807, 2.05) is 0 Å². The fourth-order valence-electron chi connectivity index (χ4n) is 3.38. The van der Waals surface area contributed by atoms with Gasteiger partial charge in [0.25, 0.3) is 0 Å². The summed E-state index contributed by atoms with van der Waals surface area (Å²) in [6, 6.07) is 8.80. The van der Waals surface area contributed by atoms with Crippen LogP contribution in [0.2, 0.25) is 0 Å². The summed E-state index contributed by atoms with van der Waals surface area (Å²) in [5.41, 5.74) is 2.67. The van der Waals surface area contributed by atoms with Crippen molar-refractivity contribution in [3.63, 3.8) is 0 Å². The van der Waals surface area contributed by atoms with Gasteiger partial charge < -0.3 is 0 Å². The van der Waals surface area contributed by atoms with Crippen molar-refractivity contribution in [3.05, 3.63) is 47.8 Å². The molecule has 0 saturated heterocycles. The largest absolute Gasteiger partial charge is 0.216 e. The molecule has 1 aromatic rings. The van der Waals surface area contributed by atoms with E-state index in [4.69, 9.17) is 0 Å². The van der Waals surface area contributed by atoms with Crippen LogP contribution in [0.25, 0.3) is 0 Å². The summed E-state index contributed by atoms with van der Waals surface area (Å²) >= 11 is 0. The van der Waals surface area contributed by atoms with Gasteiger partial charge in [-0.2, -0.15) is 0 Å². The lowest BCUT2D eigenvalue weighted by molar-refractivity contribution is 0.304. The number of unbranched alkanes of at least 4 members (excludes halogenated alkanes) is 1. The van der Waals surface area contributed by atoms with E-state index in [0.29, 0.717) is 12.8 Å². The highest BCUT2D eigenvalue weighted by atomic mass is 19.1. The molecule has 0 nitrogen and oxygen atoms in total. The summed E-state index contributed by atoms with van der Waals surface area (Å²) < 4.78 is 12.0. The smallest absolute Gasteiger partial charge is 0.0830 e. The van der Waals surface area contributed by atoms with Crippen molar-refractivity contribution < 1.29 is 4.39 Å². The van der Waals surface area contributed by atoms with Crippen LogP contribution < -0.4 is 0 Å². The molecule has 0 aliphatic heterocycles. The average molecular weight is 274 g/mol. The number of halogens is 1. The lowest BCUT2D eigenvalue weighted by atomic mass is 9.77. The van der Waals surface area contributed by atoms with Gasteiger partial charge in [-0.15, -0.1) is 0 Å². The first kappa shape index (κ1) is 15.3. The minimum atomic E-state index is 0.630. The standard InChI is InChI=1S/C19H27F/c1-2-3-5-16-7-11-18(12-8-16)19-13-9-17(10-14-19)6-4-15-20/h4,9-10,13-16,18H,2-3,5-8,11-12H2,1H3. The molecule has 110 valence electrons. The van der Waals surface area contributed by atoms with E-state index in [1.165, 1.54) is 56.1 Å². The molecular weight excluding hydrogens is 247 g/mol. The Balaban J connectivity index is 1.84. The van der Waals surface area contributed by atoms with Gasteiger partial charge in [-0.1, -0.05) is 56.5 Å². The number of allylic oxidation sites excluding steroid dienone is 1. The molecule has 0 amide bonds. The van der Waals surface area contributed by atoms with Crippen LogP contribution in [0.4, 0.5) is 4.39 Å². The predicted octanol–water partition coefficient (Wildman–Crippen LogP) is 6.18. The summed E-state index contributed by atoms with van der Waals surface area (Å²) in [6.07, 6.45) is 12.5. The fraction of sp³-hybridized carbons (Fsp3) is 0.579. The molecule has 0 spiro atoms. The molecule has 0 heterocycles. The third-order valence-electron chi connectivity index (χ3n) is 4.71. The van der Waals surface area contributed by atoms with Gasteiger partial charge in [0.05, 0.1) is 6.33 Å². The van der Waals surface area contributed by atoms with Gasteiger partial charge in [0, 0.05) is 0 Å². The van der Waals surface area contributed by atoms with Crippen molar-refractivity contribution in [2.24, 2.45) is 5.92 Å². The Labute approximate surface area is 123 Å². The first-order chi connectivity index (χ1) is 9.83. The fourth-order valence-corrected chi connectivity index (χ4v) is 3.38. The van der Waals surface area contributed by atoms with E-state index in [2.05, 4.69) is 31.2 Å². The molecule has 1 aromatic carbocycles. The van der Waals surface area contributed by atoms with E-state index in [-0.39, 0.29) is 0 Å². The maximum atomic E-state index is 12.0. The van der Waals surface area contributed by atoms with Gasteiger partial charge >= 0.3 is 0 Å². The number of benzene rings is 1. The highest BCUT2D eigenvalue weighted by molar-refractivity contribution is 5.27. The highest BCUT2D eigenvalue weighted by Crippen LogP contribution is 2.37. The van der Waals surface area contributed by atoms with Crippen molar-refractivity contribution in [1.29, 1.82) is 0 Å². The van der Waals surface area contributed by atoms with Crippen molar-refractivity contribution in [2.45, 2.75) is 64.2 Å². The molecule has 1 saturated carbocycles. The molecule has 2 rings (SSSR count). The van der Waals surface area contributed by atoms with Crippen LogP contribution in [0.5, 0.6) is 0 Å². The zero-order valence-electron chi connectivity index (χ0n) is 12.7. The van der Waals surface area contributed by atoms with E-state index in [0.717, 1.165) is 11.8 Å². The van der Waals surface area contributed by atoms with Crippen LogP contribution >= 0.6 is 0 Å². The second-order valence-corrected chi connectivity index (χ2v) is 6.17. The second-order valence-electron chi connectivity index (χ2n) is 6.17. The van der Waals surface area contributed by atoms with Crippen LogP contribution in [-0.4, -0.2) is 0 Å². The summed E-state index contributed by atoms with van der Waals surface area (Å²) in [5.74, 6) is 1.72. The Kier molecular flexibility index (Phi) is 6.29. The first-order valence-electron chi connectivity index (χ1n) is 8.17. The lowest BCUT2D eigenvalue weighted by Gasteiger charge is -2.29. The van der Waals surface area contributed by atoms with E-state index in [9.17, 15) is 4.39 Å². The SMILES string of the molecule is CCCCC1CCC(c2ccc(CC=CF)cc2)CC1. The number of rotatable bonds is 6. The van der Waals surface area contributed by atoms with Crippen LogP contribution in [-0.2, 0) is 6.42 Å². The topological polar surface area (TPSA) is 0 Å². The van der Waals surface area contributed by atoms with Gasteiger partial charge in [0.2, 0.25) is 0 Å². The molecule has 0 aromatic heterocycles. The minimum Gasteiger partial charge on any atom is -0.216 e. The third-order valence-corrected chi connectivity index (χ3v) is 4.71. The molecule has 0 radical (unpaired) electrons. The maximum Gasteiger partial charge on any atom is 0.0830 e. The summed E-state index contributed by atoms with van der Waals surface area (Å²) in [6.45, 7) is 2.28. The summed E-state index contributed by atoms with van der Waals surface area (Å²) in [5, 5.41) is 0. The molecular formula is C19H27F. The van der Waals surface area contributed by atoms with Gasteiger partial charge in [0.15, 0.2) is 0 Å². The van der Waals surface area contributed by atoms with Gasteiger partial charge in [-0.3, -0.25) is 0 Å². The van der Waals surface area contributed by atoms with Crippen molar-refractivity contribution in [2.75, 3.05) is 0 Å². The third kappa shape index (κ3) is 4.47. The van der Waals surface area contributed by atoms with Gasteiger partial charge in [0.1, 0.15) is 0 Å². The lowest BCUT2D eigenvalue weighted by Crippen LogP contribution is -2.13. The second kappa shape index (κ2) is 8.24. The van der Waals surface area contributed by atoms with Gasteiger partial charge in [-0.05, 0) is 55.1 Å². The first-order valence-corrected chi connectivity index (χ1v) is 8.17. The Morgan fingerprint density at radius 1 is 1.10 bits per heavy atom. The van der Waals surface area contributed by atoms with Gasteiger partial charge in [-0.25, -0.2) is 4.39 Å². The van der Waals surface area contributed by atoms with Crippen LogP contribution in [0, 0.1) is 5.92 Å². The molecule has 1 heteroatoms. The summed E-state index contributed by atoms with van der Waals surface area (Å²) in [4.78, 5) is 0. The minimum absolute atomic E-state index is 0.630. The Morgan fingerprint density at radius 2 is 1.80 bits per heavy atom. The van der Waals surface area contributed by atoms with Crippen molar-refractivity contribution >= 4 is 0 Å². The molecule has 0 unspecified atom stereocenters. The van der Waals surface area contributed by atoms with E-state index >= 15 is 0 Å². The Morgan fingerprint density at radius 3 is 2.40 bits per heavy atom. The van der Waals surface area contributed by atoms with Crippen LogP contribution in [0.3, 0.4) is 0 Å². The van der Waals surface area contributed by atoms with E-state index < -0.39 is 0 Å². The molecule has 1 aliphatic carbocycles. The maximum absolute atomic E-state index is 12.0. The molecule has 20 heavy (non-hydrogen) atoms. The quantitative estimate of drug-likeness (QED) is 0.581. The van der Waals surface area contributed by atoms with Crippen LogP contribution in [0.15, 0.2) is 36.7 Å². The normalized spacial score (nSPS) is 23.3. The average Bonchev–Trinajstić information content (AvgIpc) is 2.52. The van der Waals surface area contributed by atoms with Crippen molar-refractivity contribution in [3.8, 4) is 0 Å². The molecule has 0 atom stereocenters. The predicted molar refractivity (Wildman–Crippen MR) is 84.6 cm³/mol. The Hall–Kier alpha value is -1.11. The Bertz CT molecular complexity index is 396. The highest BCUT2D eigenvalue weighted by Gasteiger charge is 2.21. The monoisotopic (exact) mass is 274 g/mol. The number of hydrogen-bond donors (Lipinski definition) is 0. The number of hydrogen-bond acceptors (Lipinski definition) is 0. The molecule has 1 fully saturated rings. The zero-order valence-corrected chi connectivity index (χ0v) is 12.7.